The van der Waals surface area contributed by atoms with Crippen LogP contribution in [0.4, 0.5) is 5.69 Å². The smallest absolute Gasteiger partial charge is 0.244 e. The fraction of sp³-hybridized carbons (Fsp3) is 0.481. The van der Waals surface area contributed by atoms with E-state index in [-0.39, 0.29) is 24.2 Å². The standard InChI is InChI=1S/C27H36ClN3O5S/c1-4-25(27(33)29-22-12-6-5-7-13-22)30(18-20-10-8-15-24(16-20)36-2)26(32)19-31(37(3,34)35)23-14-9-11-21(28)17-23/h8-11,14-17,22,25H,4-7,12-13,18-19H2,1-3H3,(H,29,33)/t25-/m1/s1. The summed E-state index contributed by atoms with van der Waals surface area (Å²) in [5, 5.41) is 3.48. The van der Waals surface area contributed by atoms with Gasteiger partial charge in [0.05, 0.1) is 19.1 Å². The van der Waals surface area contributed by atoms with Gasteiger partial charge in [-0.25, -0.2) is 8.42 Å². The van der Waals surface area contributed by atoms with Gasteiger partial charge in [0, 0.05) is 17.6 Å². The Kier molecular flexibility index (Phi) is 10.2. The predicted molar refractivity (Wildman–Crippen MR) is 146 cm³/mol. The second-order valence-electron chi connectivity index (χ2n) is 9.39. The van der Waals surface area contributed by atoms with Crippen molar-refractivity contribution in [3.8, 4) is 5.75 Å². The first-order valence-electron chi connectivity index (χ1n) is 12.6. The molecule has 0 heterocycles. The van der Waals surface area contributed by atoms with Crippen LogP contribution in [-0.2, 0) is 26.2 Å². The molecule has 2 amide bonds. The second-order valence-corrected chi connectivity index (χ2v) is 11.7. The SMILES string of the molecule is CC[C@H](C(=O)NC1CCCCC1)N(Cc1cccc(OC)c1)C(=O)CN(c1cccc(Cl)c1)S(C)(=O)=O. The van der Waals surface area contributed by atoms with E-state index in [0.717, 1.165) is 48.2 Å². The highest BCUT2D eigenvalue weighted by molar-refractivity contribution is 7.92. The van der Waals surface area contributed by atoms with Gasteiger partial charge in [-0.15, -0.1) is 0 Å². The van der Waals surface area contributed by atoms with Crippen LogP contribution in [-0.4, -0.2) is 57.1 Å². The minimum atomic E-state index is -3.82. The van der Waals surface area contributed by atoms with E-state index in [9.17, 15) is 18.0 Å². The van der Waals surface area contributed by atoms with Crippen molar-refractivity contribution >= 4 is 39.1 Å². The van der Waals surface area contributed by atoms with Crippen molar-refractivity contribution < 1.29 is 22.7 Å². The number of nitrogens with zero attached hydrogens (tertiary/aromatic N) is 2. The maximum Gasteiger partial charge on any atom is 0.244 e. The third-order valence-corrected chi connectivity index (χ3v) is 7.98. The number of rotatable bonds is 11. The average molecular weight is 550 g/mol. The lowest BCUT2D eigenvalue weighted by molar-refractivity contribution is -0.140. The Morgan fingerprint density at radius 3 is 2.43 bits per heavy atom. The normalized spacial score (nSPS) is 15.0. The maximum atomic E-state index is 13.8. The molecule has 3 rings (SSSR count). The van der Waals surface area contributed by atoms with Gasteiger partial charge in [0.15, 0.2) is 0 Å². The summed E-state index contributed by atoms with van der Waals surface area (Å²) in [6, 6.07) is 12.9. The Balaban J connectivity index is 1.92. The van der Waals surface area contributed by atoms with Crippen LogP contribution in [0.15, 0.2) is 48.5 Å². The van der Waals surface area contributed by atoms with E-state index >= 15 is 0 Å². The number of benzene rings is 2. The zero-order valence-corrected chi connectivity index (χ0v) is 23.2. The van der Waals surface area contributed by atoms with Crippen molar-refractivity contribution in [3.05, 3.63) is 59.1 Å². The Labute approximate surface area is 225 Å². The molecular formula is C27H36ClN3O5S. The molecule has 1 saturated carbocycles. The Bertz CT molecular complexity index is 1180. The topological polar surface area (TPSA) is 96.0 Å². The number of amides is 2. The van der Waals surface area contributed by atoms with E-state index in [4.69, 9.17) is 16.3 Å². The maximum absolute atomic E-state index is 13.8. The molecular weight excluding hydrogens is 514 g/mol. The number of sulfonamides is 1. The first-order valence-corrected chi connectivity index (χ1v) is 14.8. The van der Waals surface area contributed by atoms with Gasteiger partial charge < -0.3 is 15.0 Å². The van der Waals surface area contributed by atoms with E-state index in [1.165, 1.54) is 11.0 Å². The Hall–Kier alpha value is -2.78. The molecule has 0 radical (unpaired) electrons. The van der Waals surface area contributed by atoms with Crippen LogP contribution in [0.1, 0.15) is 51.0 Å². The third kappa shape index (κ3) is 8.10. The molecule has 1 aliphatic rings. The van der Waals surface area contributed by atoms with E-state index in [1.54, 1.807) is 37.4 Å². The molecule has 0 unspecified atom stereocenters. The van der Waals surface area contributed by atoms with E-state index in [0.29, 0.717) is 17.2 Å². The molecule has 10 heteroatoms. The number of anilines is 1. The van der Waals surface area contributed by atoms with Crippen LogP contribution in [0.3, 0.4) is 0 Å². The molecule has 0 aromatic heterocycles. The lowest BCUT2D eigenvalue weighted by Gasteiger charge is -2.34. The molecule has 0 aliphatic heterocycles. The van der Waals surface area contributed by atoms with Crippen molar-refractivity contribution in [2.75, 3.05) is 24.2 Å². The predicted octanol–water partition coefficient (Wildman–Crippen LogP) is 4.37. The van der Waals surface area contributed by atoms with E-state index < -0.39 is 28.5 Å². The summed E-state index contributed by atoms with van der Waals surface area (Å²) in [5.41, 5.74) is 1.05. The zero-order chi connectivity index (χ0) is 27.0. The molecule has 8 nitrogen and oxygen atoms in total. The highest BCUT2D eigenvalue weighted by atomic mass is 35.5. The monoisotopic (exact) mass is 549 g/mol. The first kappa shape index (κ1) is 28.8. The zero-order valence-electron chi connectivity index (χ0n) is 21.7. The summed E-state index contributed by atoms with van der Waals surface area (Å²) in [6.07, 6.45) is 6.55. The summed E-state index contributed by atoms with van der Waals surface area (Å²) in [6.45, 7) is 1.51. The minimum Gasteiger partial charge on any atom is -0.497 e. The Morgan fingerprint density at radius 2 is 1.81 bits per heavy atom. The van der Waals surface area contributed by atoms with Crippen LogP contribution < -0.4 is 14.4 Å². The highest BCUT2D eigenvalue weighted by Crippen LogP contribution is 2.24. The summed E-state index contributed by atoms with van der Waals surface area (Å²) in [4.78, 5) is 28.7. The summed E-state index contributed by atoms with van der Waals surface area (Å²) >= 11 is 6.10. The molecule has 1 atom stereocenters. The van der Waals surface area contributed by atoms with Crippen LogP contribution in [0, 0.1) is 0 Å². The lowest BCUT2D eigenvalue weighted by atomic mass is 9.95. The summed E-state index contributed by atoms with van der Waals surface area (Å²) in [7, 11) is -2.26. The molecule has 2 aromatic rings. The number of hydrogen-bond acceptors (Lipinski definition) is 5. The number of methoxy groups -OCH3 is 1. The number of halogens is 1. The minimum absolute atomic E-state index is 0.0862. The number of nitrogens with one attached hydrogen (secondary N) is 1. The van der Waals surface area contributed by atoms with Gasteiger partial charge in [-0.2, -0.15) is 0 Å². The fourth-order valence-corrected chi connectivity index (χ4v) is 5.70. The highest BCUT2D eigenvalue weighted by Gasteiger charge is 2.33. The van der Waals surface area contributed by atoms with Gasteiger partial charge in [-0.1, -0.05) is 56.0 Å². The fourth-order valence-electron chi connectivity index (χ4n) is 4.68. The van der Waals surface area contributed by atoms with Crippen LogP contribution in [0.25, 0.3) is 0 Å². The molecule has 1 fully saturated rings. The molecule has 1 N–H and O–H groups in total. The van der Waals surface area contributed by atoms with Gasteiger partial charge in [0.1, 0.15) is 18.3 Å². The molecule has 1 aliphatic carbocycles. The van der Waals surface area contributed by atoms with Crippen LogP contribution in [0.2, 0.25) is 5.02 Å². The quantitative estimate of drug-likeness (QED) is 0.449. The van der Waals surface area contributed by atoms with Crippen molar-refractivity contribution in [2.24, 2.45) is 0 Å². The van der Waals surface area contributed by atoms with E-state index in [1.807, 2.05) is 19.1 Å². The van der Waals surface area contributed by atoms with E-state index in [2.05, 4.69) is 5.32 Å². The Morgan fingerprint density at radius 1 is 1.11 bits per heavy atom. The van der Waals surface area contributed by atoms with Crippen molar-refractivity contribution in [1.82, 2.24) is 10.2 Å². The molecule has 2 aromatic carbocycles. The molecule has 0 spiro atoms. The average Bonchev–Trinajstić information content (AvgIpc) is 2.87. The molecule has 0 bridgehead atoms. The van der Waals surface area contributed by atoms with Gasteiger partial charge in [0.25, 0.3) is 0 Å². The third-order valence-electron chi connectivity index (χ3n) is 6.60. The summed E-state index contributed by atoms with van der Waals surface area (Å²) < 4.78 is 31.7. The first-order chi connectivity index (χ1) is 17.6. The lowest BCUT2D eigenvalue weighted by Crippen LogP contribution is -2.53. The van der Waals surface area contributed by atoms with Crippen molar-refractivity contribution in [3.63, 3.8) is 0 Å². The van der Waals surface area contributed by atoms with Crippen LogP contribution in [0.5, 0.6) is 5.75 Å². The molecule has 0 saturated heterocycles. The van der Waals surface area contributed by atoms with Gasteiger partial charge in [0.2, 0.25) is 21.8 Å². The molecule has 37 heavy (non-hydrogen) atoms. The number of carbonyl (C=O) groups is 2. The van der Waals surface area contributed by atoms with Gasteiger partial charge in [-0.05, 0) is 55.2 Å². The van der Waals surface area contributed by atoms with Gasteiger partial charge in [-0.3, -0.25) is 13.9 Å². The van der Waals surface area contributed by atoms with Crippen molar-refractivity contribution in [1.29, 1.82) is 0 Å². The largest absolute Gasteiger partial charge is 0.497 e. The second kappa shape index (κ2) is 13.1. The van der Waals surface area contributed by atoms with Gasteiger partial charge >= 0.3 is 0 Å². The number of carbonyl (C=O) groups excluding carboxylic acids is 2. The molecule has 202 valence electrons. The number of ether oxygens (including phenoxy) is 1. The van der Waals surface area contributed by atoms with Crippen molar-refractivity contribution in [2.45, 2.75) is 64.1 Å². The van der Waals surface area contributed by atoms with Crippen LogP contribution >= 0.6 is 11.6 Å². The number of hydrogen-bond donors (Lipinski definition) is 1. The summed E-state index contributed by atoms with van der Waals surface area (Å²) in [5.74, 6) is -0.0838.